The first-order valence-corrected chi connectivity index (χ1v) is 9.22. The van der Waals surface area contributed by atoms with Gasteiger partial charge in [-0.15, -0.1) is 0 Å². The summed E-state index contributed by atoms with van der Waals surface area (Å²) >= 11 is 1.54. The van der Waals surface area contributed by atoms with E-state index in [0.29, 0.717) is 11.7 Å². The van der Waals surface area contributed by atoms with Crippen molar-refractivity contribution in [3.63, 3.8) is 0 Å². The summed E-state index contributed by atoms with van der Waals surface area (Å²) in [6.45, 7) is 0. The van der Waals surface area contributed by atoms with Crippen LogP contribution in [0.25, 0.3) is 0 Å². The lowest BCUT2D eigenvalue weighted by Gasteiger charge is -2.48. The van der Waals surface area contributed by atoms with Crippen LogP contribution in [0.3, 0.4) is 0 Å². The van der Waals surface area contributed by atoms with E-state index < -0.39 is 5.41 Å². The SMILES string of the molecule is CN1C2C=C3C(N)=C(C#N)C(C#N)(C#N)C(c4ccsc4)C3C1CC2. The minimum atomic E-state index is -1.54. The van der Waals surface area contributed by atoms with E-state index in [4.69, 9.17) is 5.73 Å². The molecule has 4 atom stereocenters. The monoisotopic (exact) mass is 347 g/mol. The number of rotatable bonds is 1. The molecule has 2 N–H and O–H groups in total. The molecule has 5 nitrogen and oxygen atoms in total. The van der Waals surface area contributed by atoms with E-state index in [-0.39, 0.29) is 23.5 Å². The summed E-state index contributed by atoms with van der Waals surface area (Å²) in [5.41, 5.74) is 7.17. The van der Waals surface area contributed by atoms with Gasteiger partial charge in [0.05, 0.1) is 29.5 Å². The number of hydrogen-bond donors (Lipinski definition) is 1. The quantitative estimate of drug-likeness (QED) is 0.841. The summed E-state index contributed by atoms with van der Waals surface area (Å²) in [6, 6.07) is 8.96. The standard InChI is InChI=1S/C19H17N5S/c1-24-12-2-3-15(24)16-13(6-12)18(23)14(7-20)19(9-21,10-22)17(16)11-4-5-25-8-11/h4-6,8,12,15-17H,2-3,23H2,1H3. The molecule has 0 spiro atoms. The van der Waals surface area contributed by atoms with Crippen molar-refractivity contribution in [1.82, 2.24) is 4.90 Å². The second-order valence-electron chi connectivity index (χ2n) is 6.99. The first-order chi connectivity index (χ1) is 12.1. The van der Waals surface area contributed by atoms with E-state index in [1.807, 2.05) is 16.8 Å². The first kappa shape index (κ1) is 15.9. The zero-order valence-corrected chi connectivity index (χ0v) is 14.6. The van der Waals surface area contributed by atoms with Crippen molar-refractivity contribution < 1.29 is 0 Å². The van der Waals surface area contributed by atoms with Crippen molar-refractivity contribution in [2.45, 2.75) is 30.8 Å². The van der Waals surface area contributed by atoms with E-state index in [2.05, 4.69) is 36.2 Å². The van der Waals surface area contributed by atoms with Crippen LogP contribution >= 0.6 is 11.3 Å². The highest BCUT2D eigenvalue weighted by Gasteiger charge is 2.58. The molecule has 0 amide bonds. The van der Waals surface area contributed by atoms with Gasteiger partial charge in [0.2, 0.25) is 0 Å². The van der Waals surface area contributed by atoms with Crippen molar-refractivity contribution in [1.29, 1.82) is 15.8 Å². The Morgan fingerprint density at radius 1 is 1.28 bits per heavy atom. The van der Waals surface area contributed by atoms with Crippen LogP contribution in [-0.4, -0.2) is 24.0 Å². The van der Waals surface area contributed by atoms with Gasteiger partial charge in [-0.1, -0.05) is 6.08 Å². The molecule has 6 heteroatoms. The maximum Gasteiger partial charge on any atom is 0.187 e. The number of nitriles is 3. The van der Waals surface area contributed by atoms with Gasteiger partial charge in [-0.2, -0.15) is 27.1 Å². The highest BCUT2D eigenvalue weighted by atomic mass is 32.1. The normalized spacial score (nSPS) is 33.0. The van der Waals surface area contributed by atoms with Gasteiger partial charge in [-0.25, -0.2) is 0 Å². The summed E-state index contributed by atoms with van der Waals surface area (Å²) in [5.74, 6) is -0.428. The molecule has 1 aromatic heterocycles. The van der Waals surface area contributed by atoms with Gasteiger partial charge in [-0.05, 0) is 47.9 Å². The molecule has 1 saturated heterocycles. The number of hydrogen-bond acceptors (Lipinski definition) is 6. The van der Waals surface area contributed by atoms with E-state index in [0.717, 1.165) is 24.0 Å². The topological polar surface area (TPSA) is 101 Å². The van der Waals surface area contributed by atoms with E-state index in [9.17, 15) is 15.8 Å². The van der Waals surface area contributed by atoms with Crippen molar-refractivity contribution in [3.8, 4) is 18.2 Å². The van der Waals surface area contributed by atoms with Crippen molar-refractivity contribution in [2.75, 3.05) is 7.05 Å². The lowest BCUT2D eigenvalue weighted by atomic mass is 9.56. The Morgan fingerprint density at radius 3 is 2.64 bits per heavy atom. The molecular weight excluding hydrogens is 330 g/mol. The number of fused-ring (bicyclic) bond motifs is 4. The molecule has 2 aliphatic heterocycles. The summed E-state index contributed by atoms with van der Waals surface area (Å²) in [6.07, 6.45) is 4.20. The summed E-state index contributed by atoms with van der Waals surface area (Å²) in [7, 11) is 2.10. The van der Waals surface area contributed by atoms with Crippen LogP contribution in [0.5, 0.6) is 0 Å². The van der Waals surface area contributed by atoms with Crippen molar-refractivity contribution >= 4 is 11.3 Å². The number of thiophene rings is 1. The van der Waals surface area contributed by atoms with Gasteiger partial charge in [0.1, 0.15) is 0 Å². The molecule has 0 radical (unpaired) electrons. The Labute approximate surface area is 150 Å². The number of nitrogens with two attached hydrogens (primary N) is 1. The third-order valence-corrected chi connectivity index (χ3v) is 6.82. The number of nitrogens with zero attached hydrogens (tertiary/aromatic N) is 4. The Morgan fingerprint density at radius 2 is 2.04 bits per heavy atom. The molecule has 1 aliphatic carbocycles. The first-order valence-electron chi connectivity index (χ1n) is 8.28. The minimum absolute atomic E-state index is 0.0465. The summed E-state index contributed by atoms with van der Waals surface area (Å²) in [5, 5.41) is 33.7. The second-order valence-corrected chi connectivity index (χ2v) is 7.77. The largest absolute Gasteiger partial charge is 0.398 e. The van der Waals surface area contributed by atoms with Gasteiger partial charge in [0.25, 0.3) is 0 Å². The fraction of sp³-hybridized carbons (Fsp3) is 0.421. The maximum absolute atomic E-state index is 10.0. The van der Waals surface area contributed by atoms with E-state index >= 15 is 0 Å². The van der Waals surface area contributed by atoms with Crippen LogP contribution in [0.1, 0.15) is 24.3 Å². The van der Waals surface area contributed by atoms with Crippen molar-refractivity contribution in [2.24, 2.45) is 17.1 Å². The van der Waals surface area contributed by atoms with Gasteiger partial charge in [0, 0.05) is 23.9 Å². The predicted octanol–water partition coefficient (Wildman–Crippen LogP) is 2.63. The Hall–Kier alpha value is -2.59. The molecular formula is C19H17N5S. The molecule has 1 aromatic rings. The molecule has 0 saturated carbocycles. The van der Waals surface area contributed by atoms with E-state index in [1.54, 1.807) is 11.3 Å². The van der Waals surface area contributed by atoms with Crippen LogP contribution in [-0.2, 0) is 0 Å². The van der Waals surface area contributed by atoms with Gasteiger partial charge >= 0.3 is 0 Å². The zero-order chi connectivity index (χ0) is 17.8. The number of likely N-dealkylation sites (N-methyl/N-ethyl adjacent to an activating group) is 1. The van der Waals surface area contributed by atoms with Crippen LogP contribution in [0.15, 0.2) is 39.7 Å². The van der Waals surface area contributed by atoms with Gasteiger partial charge in [-0.3, -0.25) is 4.90 Å². The highest BCUT2D eigenvalue weighted by Crippen LogP contribution is 2.58. The molecule has 124 valence electrons. The van der Waals surface area contributed by atoms with Crippen LogP contribution < -0.4 is 5.73 Å². The molecule has 1 fully saturated rings. The average molecular weight is 347 g/mol. The molecule has 2 bridgehead atoms. The second kappa shape index (κ2) is 5.46. The van der Waals surface area contributed by atoms with Crippen molar-refractivity contribution in [3.05, 3.63) is 45.3 Å². The fourth-order valence-electron chi connectivity index (χ4n) is 4.94. The Kier molecular flexibility index (Phi) is 3.48. The van der Waals surface area contributed by atoms with Gasteiger partial charge < -0.3 is 5.73 Å². The summed E-state index contributed by atoms with van der Waals surface area (Å²) in [4.78, 5) is 2.33. The van der Waals surface area contributed by atoms with Crippen LogP contribution in [0.2, 0.25) is 0 Å². The predicted molar refractivity (Wildman–Crippen MR) is 93.7 cm³/mol. The Bertz CT molecular complexity index is 891. The molecule has 4 unspecified atom stereocenters. The molecule has 3 aliphatic rings. The third-order valence-electron chi connectivity index (χ3n) is 6.12. The minimum Gasteiger partial charge on any atom is -0.398 e. The van der Waals surface area contributed by atoms with Crippen LogP contribution in [0, 0.1) is 45.3 Å². The molecule has 0 aromatic carbocycles. The Balaban J connectivity index is 2.05. The fourth-order valence-corrected chi connectivity index (χ4v) is 5.64. The molecule has 25 heavy (non-hydrogen) atoms. The highest BCUT2D eigenvalue weighted by molar-refractivity contribution is 7.08. The lowest BCUT2D eigenvalue weighted by Crippen LogP contribution is -2.51. The smallest absolute Gasteiger partial charge is 0.187 e. The molecule has 4 rings (SSSR count). The van der Waals surface area contributed by atoms with Crippen LogP contribution in [0.4, 0.5) is 0 Å². The lowest BCUT2D eigenvalue weighted by molar-refractivity contribution is 0.161. The van der Waals surface area contributed by atoms with Gasteiger partial charge in [0.15, 0.2) is 5.41 Å². The zero-order valence-electron chi connectivity index (χ0n) is 13.8. The summed E-state index contributed by atoms with van der Waals surface area (Å²) < 4.78 is 0. The molecule has 3 heterocycles. The van der Waals surface area contributed by atoms with E-state index in [1.165, 1.54) is 0 Å². The number of allylic oxidation sites excluding steroid dienone is 2. The maximum atomic E-state index is 10.0. The third kappa shape index (κ3) is 1.89. The average Bonchev–Trinajstić information content (AvgIpc) is 3.21.